The molecule has 0 fully saturated rings. The number of nitrogens with zero attached hydrogens (tertiary/aromatic N) is 1. The summed E-state index contributed by atoms with van der Waals surface area (Å²) in [5.41, 5.74) is 9.92. The van der Waals surface area contributed by atoms with Gasteiger partial charge in [-0.05, 0) is 49.2 Å². The quantitative estimate of drug-likeness (QED) is 0.347. The van der Waals surface area contributed by atoms with Gasteiger partial charge in [-0.2, -0.15) is 0 Å². The Kier molecular flexibility index (Phi) is 11.5. The van der Waals surface area contributed by atoms with Crippen LogP contribution in [0.1, 0.15) is 23.6 Å². The van der Waals surface area contributed by atoms with Crippen molar-refractivity contribution in [3.63, 3.8) is 0 Å². The van der Waals surface area contributed by atoms with Crippen LogP contribution in [0.5, 0.6) is 0 Å². The Morgan fingerprint density at radius 2 is 1.72 bits per heavy atom. The lowest BCUT2D eigenvalue weighted by atomic mass is 10.1. The first-order chi connectivity index (χ1) is 15.3. The van der Waals surface area contributed by atoms with Crippen molar-refractivity contribution in [1.29, 1.82) is 5.41 Å². The summed E-state index contributed by atoms with van der Waals surface area (Å²) in [5, 5.41) is 7.92. The van der Waals surface area contributed by atoms with Crippen molar-refractivity contribution in [3.8, 4) is 0 Å². The van der Waals surface area contributed by atoms with E-state index in [1.54, 1.807) is 6.07 Å². The molecule has 170 valence electrons. The molecule has 1 unspecified atom stereocenters. The molecule has 3 rings (SSSR count). The highest BCUT2D eigenvalue weighted by atomic mass is 35.5. The molecule has 7 nitrogen and oxygen atoms in total. The third-order valence-electron chi connectivity index (χ3n) is 4.44. The van der Waals surface area contributed by atoms with Gasteiger partial charge in [0.25, 0.3) is 5.91 Å². The molecular formula is C23H26ClFN4O3. The van der Waals surface area contributed by atoms with Crippen LogP contribution in [0.25, 0.3) is 0 Å². The summed E-state index contributed by atoms with van der Waals surface area (Å²) in [7, 11) is 1.50. The minimum absolute atomic E-state index is 0.195. The third-order valence-corrected chi connectivity index (χ3v) is 4.66. The summed E-state index contributed by atoms with van der Waals surface area (Å²) >= 11 is 5.88. The number of nitrogens with one attached hydrogen (secondary N) is 1. The van der Waals surface area contributed by atoms with Crippen molar-refractivity contribution in [1.82, 2.24) is 4.90 Å². The van der Waals surface area contributed by atoms with Crippen molar-refractivity contribution in [3.05, 3.63) is 82.6 Å². The second kappa shape index (κ2) is 13.8. The Hall–Kier alpha value is -3.36. The molecule has 1 atom stereocenters. The number of halogens is 2. The number of aldehydes is 1. The molecule has 0 spiro atoms. The van der Waals surface area contributed by atoms with Gasteiger partial charge in [0.15, 0.2) is 0 Å². The second-order valence-corrected chi connectivity index (χ2v) is 6.87. The molecule has 0 radical (unpaired) electrons. The smallest absolute Gasteiger partial charge is 0.272 e. The largest absolute Gasteiger partial charge is 0.366 e. The molecule has 0 aromatic heterocycles. The van der Waals surface area contributed by atoms with E-state index >= 15 is 0 Å². The van der Waals surface area contributed by atoms with Crippen LogP contribution in [0.4, 0.5) is 4.39 Å². The maximum atomic E-state index is 14.0. The SMILES string of the molecule is CN.N=C(/C=C\C(N)=O)C(=O)N(CC=O)C1CCc2c(F)cc(Cl)cc21.c1ccccc1. The van der Waals surface area contributed by atoms with Crippen LogP contribution >= 0.6 is 11.6 Å². The lowest BCUT2D eigenvalue weighted by Gasteiger charge is -2.27. The van der Waals surface area contributed by atoms with Crippen LogP contribution in [0.3, 0.4) is 0 Å². The summed E-state index contributed by atoms with van der Waals surface area (Å²) in [4.78, 5) is 35.3. The van der Waals surface area contributed by atoms with E-state index in [-0.39, 0.29) is 11.6 Å². The first-order valence-electron chi connectivity index (χ1n) is 9.71. The lowest BCUT2D eigenvalue weighted by Crippen LogP contribution is -2.39. The Morgan fingerprint density at radius 1 is 1.16 bits per heavy atom. The molecule has 1 aliphatic carbocycles. The van der Waals surface area contributed by atoms with Crippen LogP contribution in [0.2, 0.25) is 5.02 Å². The van der Waals surface area contributed by atoms with Gasteiger partial charge in [-0.1, -0.05) is 48.0 Å². The summed E-state index contributed by atoms with van der Waals surface area (Å²) in [6.45, 7) is -0.260. The Balaban J connectivity index is 0.000000542. The number of hydrogen-bond donors (Lipinski definition) is 3. The average molecular weight is 461 g/mol. The number of primary amides is 1. The maximum Gasteiger partial charge on any atom is 0.272 e. The molecule has 2 amide bonds. The Labute approximate surface area is 191 Å². The average Bonchev–Trinajstić information content (AvgIpc) is 3.22. The highest BCUT2D eigenvalue weighted by Crippen LogP contribution is 2.38. The van der Waals surface area contributed by atoms with Gasteiger partial charge in [0, 0.05) is 11.1 Å². The Bertz CT molecular complexity index is 941. The summed E-state index contributed by atoms with van der Waals surface area (Å²) in [5.74, 6) is -2.01. The van der Waals surface area contributed by atoms with Gasteiger partial charge in [0.1, 0.15) is 17.8 Å². The van der Waals surface area contributed by atoms with Gasteiger partial charge in [-0.25, -0.2) is 4.39 Å². The fourth-order valence-electron chi connectivity index (χ4n) is 3.15. The highest BCUT2D eigenvalue weighted by Gasteiger charge is 2.33. The minimum atomic E-state index is -0.797. The van der Waals surface area contributed by atoms with Gasteiger partial charge in [0.05, 0.1) is 12.6 Å². The number of amides is 2. The molecule has 0 saturated heterocycles. The maximum absolute atomic E-state index is 14.0. The summed E-state index contributed by atoms with van der Waals surface area (Å²) in [6.07, 6.45) is 3.20. The Morgan fingerprint density at radius 3 is 2.22 bits per heavy atom. The molecule has 5 N–H and O–H groups in total. The molecule has 9 heteroatoms. The van der Waals surface area contributed by atoms with Crippen LogP contribution in [-0.2, 0) is 20.8 Å². The number of carbonyl (C=O) groups is 3. The fraction of sp³-hybridized carbons (Fsp3) is 0.217. The fourth-order valence-corrected chi connectivity index (χ4v) is 3.37. The van der Waals surface area contributed by atoms with Gasteiger partial charge in [0.2, 0.25) is 5.91 Å². The zero-order valence-electron chi connectivity index (χ0n) is 17.6. The number of carbonyl (C=O) groups excluding carboxylic acids is 3. The first kappa shape index (κ1) is 26.7. The van der Waals surface area contributed by atoms with E-state index in [0.29, 0.717) is 30.3 Å². The third kappa shape index (κ3) is 7.72. The van der Waals surface area contributed by atoms with Crippen molar-refractivity contribution in [2.45, 2.75) is 18.9 Å². The molecule has 2 aromatic rings. The molecule has 0 bridgehead atoms. The molecule has 0 aliphatic heterocycles. The van der Waals surface area contributed by atoms with Gasteiger partial charge < -0.3 is 21.2 Å². The normalized spacial score (nSPS) is 13.7. The van der Waals surface area contributed by atoms with Gasteiger partial charge in [-0.15, -0.1) is 0 Å². The van der Waals surface area contributed by atoms with Crippen molar-refractivity contribution in [2.75, 3.05) is 13.6 Å². The predicted octanol–water partition coefficient (Wildman–Crippen LogP) is 2.82. The number of rotatable bonds is 6. The van der Waals surface area contributed by atoms with Crippen LogP contribution in [0, 0.1) is 11.2 Å². The first-order valence-corrected chi connectivity index (χ1v) is 10.1. The van der Waals surface area contributed by atoms with E-state index in [9.17, 15) is 18.8 Å². The minimum Gasteiger partial charge on any atom is -0.366 e. The van der Waals surface area contributed by atoms with Crippen molar-refractivity contribution >= 4 is 35.4 Å². The zero-order chi connectivity index (χ0) is 24.1. The zero-order valence-corrected chi connectivity index (χ0v) is 18.4. The number of benzene rings is 2. The van der Waals surface area contributed by atoms with Crippen LogP contribution < -0.4 is 11.5 Å². The molecule has 0 heterocycles. The number of nitrogens with two attached hydrogens (primary N) is 2. The second-order valence-electron chi connectivity index (χ2n) is 6.44. The van der Waals surface area contributed by atoms with Crippen molar-refractivity contribution in [2.24, 2.45) is 11.5 Å². The van der Waals surface area contributed by atoms with Gasteiger partial charge >= 0.3 is 0 Å². The molecule has 2 aromatic carbocycles. The van der Waals surface area contributed by atoms with Crippen LogP contribution in [0.15, 0.2) is 60.7 Å². The topological polar surface area (TPSA) is 130 Å². The molecule has 32 heavy (non-hydrogen) atoms. The van der Waals surface area contributed by atoms with E-state index < -0.39 is 29.4 Å². The van der Waals surface area contributed by atoms with E-state index in [4.69, 9.17) is 22.7 Å². The number of hydrogen-bond acceptors (Lipinski definition) is 5. The van der Waals surface area contributed by atoms with Crippen molar-refractivity contribution < 1.29 is 18.8 Å². The van der Waals surface area contributed by atoms with E-state index in [1.807, 2.05) is 36.4 Å². The number of fused-ring (bicyclic) bond motifs is 1. The highest BCUT2D eigenvalue weighted by molar-refractivity contribution is 6.42. The van der Waals surface area contributed by atoms with E-state index in [0.717, 1.165) is 12.2 Å². The summed E-state index contributed by atoms with van der Waals surface area (Å²) < 4.78 is 14.0. The van der Waals surface area contributed by atoms with E-state index in [1.165, 1.54) is 18.0 Å². The lowest BCUT2D eigenvalue weighted by molar-refractivity contribution is -0.129. The molecule has 0 saturated carbocycles. The van der Waals surface area contributed by atoms with Gasteiger partial charge in [-0.3, -0.25) is 15.0 Å². The monoisotopic (exact) mass is 460 g/mol. The van der Waals surface area contributed by atoms with Crippen LogP contribution in [-0.4, -0.2) is 42.3 Å². The van der Waals surface area contributed by atoms with E-state index in [2.05, 4.69) is 5.73 Å². The predicted molar refractivity (Wildman–Crippen MR) is 123 cm³/mol. The standard InChI is InChI=1S/C16H15ClFN3O3.C6H6.CH5N/c17-9-7-11-10(12(18)8-9)1-3-14(11)21(5-6-22)16(24)13(19)2-4-15(20)23;1-2-4-6-5-3-1;1-2/h2,4,6-8,14,19H,1,3,5H2,(H2,20,23);1-6H;2H2,1H3/b4-2-,19-13?;;. The molecule has 1 aliphatic rings. The molecular weight excluding hydrogens is 435 g/mol. The summed E-state index contributed by atoms with van der Waals surface area (Å²) in [6, 6.07) is 14.2.